The fraction of sp³-hybridized carbons (Fsp3) is 0.417. The maximum Gasteiger partial charge on any atom is 0.142 e. The van der Waals surface area contributed by atoms with Crippen LogP contribution in [0.5, 0.6) is 0 Å². The first-order valence-corrected chi connectivity index (χ1v) is 7.97. The van der Waals surface area contributed by atoms with E-state index < -0.39 is 0 Å². The van der Waals surface area contributed by atoms with Crippen molar-refractivity contribution in [3.8, 4) is 0 Å². The van der Waals surface area contributed by atoms with Crippen molar-refractivity contribution in [3.05, 3.63) is 21.9 Å². The van der Waals surface area contributed by atoms with Crippen LogP contribution in [-0.4, -0.2) is 29.0 Å². The summed E-state index contributed by atoms with van der Waals surface area (Å²) in [6, 6.07) is 7.06. The van der Waals surface area contributed by atoms with Gasteiger partial charge in [0.05, 0.1) is 11.2 Å². The van der Waals surface area contributed by atoms with E-state index in [4.69, 9.17) is 5.10 Å². The number of halogens is 1. The third kappa shape index (κ3) is 1.93. The van der Waals surface area contributed by atoms with Crippen molar-refractivity contribution in [2.45, 2.75) is 23.9 Å². The Morgan fingerprint density at radius 2 is 2.24 bits per heavy atom. The third-order valence-corrected chi connectivity index (χ3v) is 4.67. The summed E-state index contributed by atoms with van der Waals surface area (Å²) in [5.41, 5.74) is 2.51. The van der Waals surface area contributed by atoms with Crippen LogP contribution in [0.15, 0.2) is 23.2 Å². The van der Waals surface area contributed by atoms with Crippen LogP contribution in [0.3, 0.4) is 0 Å². The van der Waals surface area contributed by atoms with Gasteiger partial charge < -0.3 is 4.90 Å². The van der Waals surface area contributed by atoms with E-state index in [1.54, 1.807) is 11.8 Å². The first-order valence-electron chi connectivity index (χ1n) is 5.66. The molecule has 17 heavy (non-hydrogen) atoms. The molecule has 3 nitrogen and oxygen atoms in total. The average Bonchev–Trinajstić information content (AvgIpc) is 3.09. The molecule has 2 aromatic rings. The van der Waals surface area contributed by atoms with Crippen LogP contribution < -0.4 is 4.90 Å². The summed E-state index contributed by atoms with van der Waals surface area (Å²) in [5.74, 6) is 0. The van der Waals surface area contributed by atoms with Gasteiger partial charge in [0, 0.05) is 13.1 Å². The summed E-state index contributed by atoms with van der Waals surface area (Å²) in [6.45, 7) is 0. The predicted molar refractivity (Wildman–Crippen MR) is 81.1 cm³/mol. The molecule has 0 radical (unpaired) electrons. The van der Waals surface area contributed by atoms with E-state index in [-0.39, 0.29) is 0 Å². The fourth-order valence-corrected chi connectivity index (χ4v) is 3.30. The lowest BCUT2D eigenvalue weighted by Gasteiger charge is -2.18. The molecular weight excluding hydrogens is 345 g/mol. The van der Waals surface area contributed by atoms with Gasteiger partial charge in [0.1, 0.15) is 8.73 Å². The molecular formula is C12H14IN3S. The Kier molecular flexibility index (Phi) is 2.98. The van der Waals surface area contributed by atoms with Crippen molar-refractivity contribution >= 4 is 45.6 Å². The molecule has 5 heteroatoms. The first-order chi connectivity index (χ1) is 8.22. The molecule has 2 aromatic heterocycles. The number of rotatable bonds is 3. The summed E-state index contributed by atoms with van der Waals surface area (Å²) in [6.07, 6.45) is 4.72. The highest BCUT2D eigenvalue weighted by atomic mass is 127. The van der Waals surface area contributed by atoms with Gasteiger partial charge in [-0.1, -0.05) is 6.07 Å². The molecule has 1 aliphatic rings. The second-order valence-corrected chi connectivity index (χ2v) is 6.25. The Hall–Kier alpha value is -0.430. The predicted octanol–water partition coefficient (Wildman–Crippen LogP) is 3.26. The number of pyridine rings is 1. The van der Waals surface area contributed by atoms with Crippen LogP contribution in [-0.2, 0) is 0 Å². The first kappa shape index (κ1) is 11.6. The molecule has 90 valence electrons. The molecule has 1 aliphatic carbocycles. The molecule has 0 bridgehead atoms. The lowest BCUT2D eigenvalue weighted by Crippen LogP contribution is -2.19. The van der Waals surface area contributed by atoms with Crippen molar-refractivity contribution in [2.75, 3.05) is 18.2 Å². The minimum Gasteiger partial charge on any atom is -0.368 e. The molecule has 0 spiro atoms. The molecule has 0 aliphatic heterocycles. The number of thioether (sulfide) groups is 1. The number of anilines is 1. The van der Waals surface area contributed by atoms with Crippen LogP contribution in [0.4, 0.5) is 5.69 Å². The lowest BCUT2D eigenvalue weighted by atomic mass is 10.3. The Morgan fingerprint density at radius 3 is 2.88 bits per heavy atom. The summed E-state index contributed by atoms with van der Waals surface area (Å²) < 4.78 is 3.20. The van der Waals surface area contributed by atoms with Gasteiger partial charge in [0.25, 0.3) is 0 Å². The average molecular weight is 359 g/mol. The van der Waals surface area contributed by atoms with Gasteiger partial charge >= 0.3 is 0 Å². The minimum atomic E-state index is 0.715. The van der Waals surface area contributed by atoms with Crippen LogP contribution >= 0.6 is 34.4 Å². The number of fused-ring (bicyclic) bond motifs is 1. The monoisotopic (exact) mass is 359 g/mol. The molecule has 0 amide bonds. The standard InChI is InChI=1S/C12H14IN3S/c1-15(8-6-7-8)11-9-4-3-5-10(13)16(9)14-12(11)17-2/h3-5,8H,6-7H2,1-2H3. The lowest BCUT2D eigenvalue weighted by molar-refractivity contribution is 0.867. The summed E-state index contributed by atoms with van der Waals surface area (Å²) in [5, 5.41) is 5.82. The van der Waals surface area contributed by atoms with E-state index in [2.05, 4.69) is 59.0 Å². The van der Waals surface area contributed by atoms with Gasteiger partial charge in [-0.3, -0.25) is 0 Å². The minimum absolute atomic E-state index is 0.715. The van der Waals surface area contributed by atoms with Crippen molar-refractivity contribution in [2.24, 2.45) is 0 Å². The number of hydrogen-bond donors (Lipinski definition) is 0. The Bertz CT molecular complexity index is 562. The third-order valence-electron chi connectivity index (χ3n) is 3.20. The van der Waals surface area contributed by atoms with Crippen LogP contribution in [0.1, 0.15) is 12.8 Å². The normalized spacial score (nSPS) is 15.5. The van der Waals surface area contributed by atoms with Gasteiger partial charge in [-0.25, -0.2) is 4.52 Å². The fourth-order valence-electron chi connectivity index (χ4n) is 2.12. The number of nitrogens with zero attached hydrogens (tertiary/aromatic N) is 3. The van der Waals surface area contributed by atoms with E-state index in [1.807, 2.05) is 4.52 Å². The van der Waals surface area contributed by atoms with Crippen LogP contribution in [0.25, 0.3) is 5.52 Å². The van der Waals surface area contributed by atoms with Gasteiger partial charge in [-0.05, 0) is 53.8 Å². The summed E-state index contributed by atoms with van der Waals surface area (Å²) >= 11 is 4.06. The topological polar surface area (TPSA) is 20.5 Å². The molecule has 0 saturated heterocycles. The van der Waals surface area contributed by atoms with Gasteiger partial charge in [0.15, 0.2) is 0 Å². The van der Waals surface area contributed by atoms with Crippen LogP contribution in [0, 0.1) is 3.70 Å². The van der Waals surface area contributed by atoms with Crippen molar-refractivity contribution < 1.29 is 0 Å². The van der Waals surface area contributed by atoms with E-state index in [0.29, 0.717) is 6.04 Å². The van der Waals surface area contributed by atoms with E-state index in [1.165, 1.54) is 24.0 Å². The largest absolute Gasteiger partial charge is 0.368 e. The molecule has 0 aromatic carbocycles. The number of aromatic nitrogens is 2. The zero-order valence-corrected chi connectivity index (χ0v) is 12.8. The second kappa shape index (κ2) is 4.35. The molecule has 0 unspecified atom stereocenters. The van der Waals surface area contributed by atoms with E-state index in [0.717, 1.165) is 8.73 Å². The second-order valence-electron chi connectivity index (χ2n) is 4.35. The maximum atomic E-state index is 4.69. The highest BCUT2D eigenvalue weighted by Gasteiger charge is 2.30. The van der Waals surface area contributed by atoms with Gasteiger partial charge in [-0.2, -0.15) is 5.10 Å². The Morgan fingerprint density at radius 1 is 1.47 bits per heavy atom. The summed E-state index contributed by atoms with van der Waals surface area (Å²) in [4.78, 5) is 2.39. The van der Waals surface area contributed by atoms with Crippen molar-refractivity contribution in [3.63, 3.8) is 0 Å². The summed E-state index contributed by atoms with van der Waals surface area (Å²) in [7, 11) is 2.19. The highest BCUT2D eigenvalue weighted by Crippen LogP contribution is 2.38. The molecule has 0 N–H and O–H groups in total. The number of hydrogen-bond acceptors (Lipinski definition) is 3. The zero-order chi connectivity index (χ0) is 12.0. The zero-order valence-electron chi connectivity index (χ0n) is 9.85. The Balaban J connectivity index is 2.22. The molecule has 0 atom stereocenters. The molecule has 3 rings (SSSR count). The smallest absolute Gasteiger partial charge is 0.142 e. The maximum absolute atomic E-state index is 4.69. The molecule has 1 fully saturated rings. The van der Waals surface area contributed by atoms with E-state index in [9.17, 15) is 0 Å². The quantitative estimate of drug-likeness (QED) is 0.477. The van der Waals surface area contributed by atoms with Crippen molar-refractivity contribution in [1.29, 1.82) is 0 Å². The Labute approximate surface area is 119 Å². The van der Waals surface area contributed by atoms with Gasteiger partial charge in [0.2, 0.25) is 0 Å². The van der Waals surface area contributed by atoms with Crippen molar-refractivity contribution in [1.82, 2.24) is 9.61 Å². The molecule has 1 saturated carbocycles. The molecule has 2 heterocycles. The highest BCUT2D eigenvalue weighted by molar-refractivity contribution is 14.1. The SMILES string of the molecule is CSc1nn2c(I)cccc2c1N(C)C1CC1. The van der Waals surface area contributed by atoms with E-state index >= 15 is 0 Å². The van der Waals surface area contributed by atoms with Gasteiger partial charge in [-0.15, -0.1) is 11.8 Å². The van der Waals surface area contributed by atoms with Crippen LogP contribution in [0.2, 0.25) is 0 Å².